The molecule has 335 valence electrons. The first-order valence-corrected chi connectivity index (χ1v) is 29.5. The normalized spacial score (nSPS) is 12.9. The van der Waals surface area contributed by atoms with Crippen molar-refractivity contribution >= 4 is 61.5 Å². The Morgan fingerprint density at radius 1 is 0.742 bits per heavy atom. The van der Waals surface area contributed by atoms with Crippen molar-refractivity contribution < 1.29 is 36.0 Å². The molecule has 0 fully saturated rings. The number of nitrogens with zero attached hydrogens (tertiary/aromatic N) is 4. The second-order valence-corrected chi connectivity index (χ2v) is 28.8. The van der Waals surface area contributed by atoms with Crippen molar-refractivity contribution in [1.82, 2.24) is 19.5 Å². The summed E-state index contributed by atoms with van der Waals surface area (Å²) >= 11 is -2.39. The Balaban J connectivity index is 0.000000192. The molecule has 0 spiro atoms. The molecule has 1 atom stereocenters. The van der Waals surface area contributed by atoms with Crippen LogP contribution in [0.1, 0.15) is 77.4 Å². The van der Waals surface area contributed by atoms with Crippen LogP contribution >= 0.6 is 0 Å². The first-order valence-electron chi connectivity index (χ1n) is 23.2. The smallest absolute Gasteiger partial charge is 0 e. The fourth-order valence-corrected chi connectivity index (χ4v) is 11.6. The summed E-state index contributed by atoms with van der Waals surface area (Å²) in [7, 11) is 0. The Labute approximate surface area is 404 Å². The van der Waals surface area contributed by atoms with E-state index in [2.05, 4.69) is 126 Å². The molecule has 0 bridgehead atoms. The van der Waals surface area contributed by atoms with Gasteiger partial charge < -0.3 is 8.98 Å². The summed E-state index contributed by atoms with van der Waals surface area (Å²) in [6.07, 6.45) is 0.268. The third-order valence-electron chi connectivity index (χ3n) is 12.0. The van der Waals surface area contributed by atoms with Crippen molar-refractivity contribution in [2.75, 3.05) is 0 Å². The zero-order valence-electron chi connectivity index (χ0n) is 40.3. The maximum absolute atomic E-state index is 14.0. The number of furan rings is 1. The number of benzene rings is 6. The Hall–Kier alpha value is -5.80. The van der Waals surface area contributed by atoms with Gasteiger partial charge in [0.05, 0.1) is 22.4 Å². The Kier molecular flexibility index (Phi) is 12.8. The number of hydrogen-bond donors (Lipinski definition) is 0. The molecule has 10 aromatic rings. The molecule has 0 saturated carbocycles. The quantitative estimate of drug-likeness (QED) is 0.0821. The van der Waals surface area contributed by atoms with E-state index in [1.54, 1.807) is 12.1 Å². The molecule has 0 saturated heterocycles. The van der Waals surface area contributed by atoms with Crippen LogP contribution in [0.15, 0.2) is 144 Å². The number of fused-ring (bicyclic) bond motifs is 6. The van der Waals surface area contributed by atoms with Gasteiger partial charge in [-0.2, -0.15) is 9.37 Å². The zero-order chi connectivity index (χ0) is 47.4. The molecule has 4 heterocycles. The van der Waals surface area contributed by atoms with Gasteiger partial charge in [0.2, 0.25) is 11.7 Å². The molecule has 1 radical (unpaired) electrons. The number of aromatic nitrogens is 4. The van der Waals surface area contributed by atoms with E-state index in [0.717, 1.165) is 59.6 Å². The van der Waals surface area contributed by atoms with E-state index in [9.17, 15) is 8.78 Å². The Morgan fingerprint density at radius 2 is 1.47 bits per heavy atom. The van der Waals surface area contributed by atoms with E-state index in [-0.39, 0.29) is 49.4 Å². The number of para-hydroxylation sites is 1. The van der Waals surface area contributed by atoms with Gasteiger partial charge in [0.1, 0.15) is 0 Å². The Morgan fingerprint density at radius 3 is 2.17 bits per heavy atom. The van der Waals surface area contributed by atoms with Crippen LogP contribution < -0.4 is 4.40 Å². The average molecular weight is 1110 g/mol. The van der Waals surface area contributed by atoms with Crippen molar-refractivity contribution in [1.29, 1.82) is 0 Å². The zero-order valence-corrected chi connectivity index (χ0v) is 42.8. The molecule has 1 unspecified atom stereocenters. The third kappa shape index (κ3) is 9.16. The molecule has 9 heteroatoms. The molecule has 0 amide bonds. The van der Waals surface area contributed by atoms with E-state index < -0.39 is 25.6 Å². The van der Waals surface area contributed by atoms with E-state index in [4.69, 9.17) is 12.1 Å². The number of rotatable bonds is 9. The minimum atomic E-state index is -2.39. The van der Waals surface area contributed by atoms with Crippen molar-refractivity contribution in [3.05, 3.63) is 186 Å². The van der Waals surface area contributed by atoms with Crippen LogP contribution in [-0.2, 0) is 26.5 Å². The molecule has 66 heavy (non-hydrogen) atoms. The standard InChI is InChI=1S/C34H27FN3O.C23H25FGeN.Ir/c1-19(2)22-11-7-12-23(20(3)4)30(22)38-31-24-10-6-5-9-21(24)15-17-28(31)36-33(38)27-14-8-13-25-26-16-18-29(35)37-34(26)39-32(25)27;1-17(18-8-6-5-7-9-18)14-20-15-23(19-10-12-21(24)13-11-19)26-16-22(20)25(2,3)4;/h5-13,15-20H,1-4H3;5-10,12-13,15-17H,14H2,1-4H3;/q2*-1;/i;14D2;. The summed E-state index contributed by atoms with van der Waals surface area (Å²) < 4.78 is 54.9. The SMILES string of the molecule is CC(C)c1cccc(C(C)C)c1-n1c(-c2[c-]ccc3c2oc2nc(F)ccc23)nc2ccc3ccccc3c21.[2H]C([2H])(c1cc(-c2[c-]cc(F)cc2)nc[c]1[Ge]([CH3])([CH3])[CH3])C(C)c1ccccc1.[Ir]. The van der Waals surface area contributed by atoms with Gasteiger partial charge in [0.15, 0.2) is 0 Å². The van der Waals surface area contributed by atoms with E-state index >= 15 is 0 Å². The number of hydrogen-bond acceptors (Lipinski definition) is 4. The monoisotopic (exact) mass is 1120 g/mol. The second-order valence-electron chi connectivity index (χ2n) is 18.3. The molecule has 6 aromatic carbocycles. The van der Waals surface area contributed by atoms with Gasteiger partial charge in [-0.15, -0.1) is 18.2 Å². The minimum absolute atomic E-state index is 0. The van der Waals surface area contributed by atoms with Crippen LogP contribution in [0.2, 0.25) is 17.3 Å². The second kappa shape index (κ2) is 19.2. The molecular weight excluding hydrogens is 1060 g/mol. The predicted molar refractivity (Wildman–Crippen MR) is 266 cm³/mol. The fraction of sp³-hybridized carbons (Fsp3) is 0.211. The molecule has 0 aliphatic carbocycles. The maximum Gasteiger partial charge on any atom is 0 e. The van der Waals surface area contributed by atoms with Gasteiger partial charge in [0.25, 0.3) is 0 Å². The van der Waals surface area contributed by atoms with E-state index in [0.29, 0.717) is 22.4 Å². The van der Waals surface area contributed by atoms with Crippen LogP contribution in [0.25, 0.3) is 72.2 Å². The topological polar surface area (TPSA) is 56.7 Å². The summed E-state index contributed by atoms with van der Waals surface area (Å²) in [5, 5.41) is 3.90. The summed E-state index contributed by atoms with van der Waals surface area (Å²) in [5.41, 5.74) is 10.1. The third-order valence-corrected chi connectivity index (χ3v) is 16.3. The van der Waals surface area contributed by atoms with Gasteiger partial charge in [-0.05, 0) is 46.5 Å². The van der Waals surface area contributed by atoms with Crippen molar-refractivity contribution in [2.24, 2.45) is 0 Å². The predicted octanol–water partition coefficient (Wildman–Crippen LogP) is 14.9. The molecular formula is C57H52F2GeIrN4O-2. The molecule has 10 rings (SSSR count). The van der Waals surface area contributed by atoms with Crippen LogP contribution in [0.4, 0.5) is 8.78 Å². The molecule has 0 aliphatic heterocycles. The molecule has 0 N–H and O–H groups in total. The van der Waals surface area contributed by atoms with Crippen molar-refractivity contribution in [3.8, 4) is 28.3 Å². The van der Waals surface area contributed by atoms with Gasteiger partial charge in [-0.25, -0.2) is 0 Å². The number of imidazole rings is 1. The van der Waals surface area contributed by atoms with Crippen LogP contribution in [0.3, 0.4) is 0 Å². The van der Waals surface area contributed by atoms with Gasteiger partial charge in [-0.3, -0.25) is 4.98 Å². The molecule has 0 aliphatic rings. The van der Waals surface area contributed by atoms with Crippen molar-refractivity contribution in [2.45, 2.75) is 76.0 Å². The fourth-order valence-electron chi connectivity index (χ4n) is 8.70. The van der Waals surface area contributed by atoms with E-state index in [1.165, 1.54) is 29.3 Å². The molecule has 5 nitrogen and oxygen atoms in total. The summed E-state index contributed by atoms with van der Waals surface area (Å²) in [6.45, 7) is 10.8. The van der Waals surface area contributed by atoms with Crippen molar-refractivity contribution in [3.63, 3.8) is 0 Å². The largest absolute Gasteiger partial charge is 0 e. The Bertz CT molecular complexity index is 3410. The van der Waals surface area contributed by atoms with Gasteiger partial charge in [0, 0.05) is 36.6 Å². The summed E-state index contributed by atoms with van der Waals surface area (Å²) in [4.78, 5) is 13.8. The maximum atomic E-state index is 14.0. The summed E-state index contributed by atoms with van der Waals surface area (Å²) in [6, 6.07) is 48.3. The molecule has 4 aromatic heterocycles. The van der Waals surface area contributed by atoms with Crippen LogP contribution in [-0.4, -0.2) is 32.8 Å². The average Bonchev–Trinajstić information content (AvgIpc) is 3.90. The first kappa shape index (κ1) is 44.1. The number of halogens is 2. The van der Waals surface area contributed by atoms with Gasteiger partial charge in [-0.1, -0.05) is 87.2 Å². The van der Waals surface area contributed by atoms with Crippen LogP contribution in [0.5, 0.6) is 0 Å². The van der Waals surface area contributed by atoms with Crippen LogP contribution in [0, 0.1) is 23.9 Å². The first-order chi connectivity index (χ1) is 32.0. The minimum Gasteiger partial charge on any atom is 0 e. The summed E-state index contributed by atoms with van der Waals surface area (Å²) in [5.74, 6) is 6.81. The number of pyridine rings is 2. The van der Waals surface area contributed by atoms with E-state index in [1.807, 2.05) is 61.7 Å². The van der Waals surface area contributed by atoms with Gasteiger partial charge >= 0.3 is 161 Å².